The van der Waals surface area contributed by atoms with Crippen LogP contribution in [0.2, 0.25) is 0 Å². The van der Waals surface area contributed by atoms with Crippen molar-refractivity contribution in [1.29, 1.82) is 0 Å². The molecule has 0 fully saturated rings. The Morgan fingerprint density at radius 3 is 0.696 bits per heavy atom. The fraction of sp³-hybridized carbons (Fsp3) is 0.0423. The number of nitrogens with one attached hydrogen (secondary N) is 4. The molecule has 0 bridgehead atoms. The van der Waals surface area contributed by atoms with Gasteiger partial charge in [-0.2, -0.15) is 100.0 Å². The minimum absolute atomic E-state index is 0.210. The zero-order valence-corrected chi connectivity index (χ0v) is 49.6. The van der Waals surface area contributed by atoms with E-state index in [0.29, 0.717) is 5.56 Å². The lowest BCUT2D eigenvalue weighted by molar-refractivity contribution is -0.193. The number of aryl methyl sites for hydroxylation is 3. The Balaban J connectivity index is 0.000000210. The van der Waals surface area contributed by atoms with Crippen molar-refractivity contribution in [2.24, 2.45) is 0 Å². The average molecular weight is 1230 g/mol. The standard InChI is InChI=1S/3C17H15N3.C16H12FN3.4CO2/c3*1-13-2-7-15(8-3-13)16-9-4-14(5-10-16)6-11-17-12-18-20-19-17;17-16-4-2-1-3-15(16)13-8-5-12(6-9-13)7-10-14-11-18-20-19-14;4*2-1-3/h3*2-12H,1H3,(H,18,19,20);1-11H,(H,18,19,20);;;;. The van der Waals surface area contributed by atoms with Gasteiger partial charge in [-0.15, -0.1) is 0 Å². The first-order chi connectivity index (χ1) is 44.9. The predicted octanol–water partition coefficient (Wildman–Crippen LogP) is 13.3. The Kier molecular flexibility index (Phi) is 30.3. The summed E-state index contributed by atoms with van der Waals surface area (Å²) in [5, 5.41) is 41.2. The van der Waals surface area contributed by atoms with Crippen molar-refractivity contribution >= 4 is 73.2 Å². The largest absolute Gasteiger partial charge is 0.373 e. The topological polar surface area (TPSA) is 303 Å². The summed E-state index contributed by atoms with van der Waals surface area (Å²) in [6, 6.07) is 65.5. The van der Waals surface area contributed by atoms with Gasteiger partial charge in [0.1, 0.15) is 28.6 Å². The molecule has 0 atom stereocenters. The maximum absolute atomic E-state index is 13.7. The van der Waals surface area contributed by atoms with E-state index in [-0.39, 0.29) is 30.4 Å². The van der Waals surface area contributed by atoms with Crippen molar-refractivity contribution in [2.75, 3.05) is 0 Å². The molecule has 0 aliphatic heterocycles. The molecule has 21 heteroatoms. The summed E-state index contributed by atoms with van der Waals surface area (Å²) in [6.07, 6.45) is 23.4. The SMILES string of the molecule is Cc1ccc(-c2ccc(C=Cc3cn[nH]n3)cc2)cc1.Cc1ccc(-c2ccc(C=Cc3cn[nH]n3)cc2)cc1.Cc1ccc(-c2ccc(C=Cc3cn[nH]n3)cc2)cc1.Fc1ccccc1-c1ccc(C=Cc2cn[nH]n2)cc1.O=C=O.O=C=O.O=C=O.O=C=O. The van der Waals surface area contributed by atoms with Crippen LogP contribution in [0.4, 0.5) is 4.39 Å². The Morgan fingerprint density at radius 2 is 0.489 bits per heavy atom. The van der Waals surface area contributed by atoms with Gasteiger partial charge in [-0.05, 0) is 112 Å². The molecule has 0 saturated heterocycles. The van der Waals surface area contributed by atoms with Gasteiger partial charge in [0.2, 0.25) is 0 Å². The first-order valence-electron chi connectivity index (χ1n) is 27.4. The van der Waals surface area contributed by atoms with E-state index >= 15 is 0 Å². The molecule has 0 aliphatic carbocycles. The molecule has 4 aromatic heterocycles. The van der Waals surface area contributed by atoms with Crippen LogP contribution in [-0.4, -0.2) is 86.2 Å². The molecule has 0 radical (unpaired) electrons. The summed E-state index contributed by atoms with van der Waals surface area (Å²) in [4.78, 5) is 65.0. The maximum Gasteiger partial charge on any atom is 0.373 e. The maximum atomic E-state index is 13.7. The lowest BCUT2D eigenvalue weighted by atomic mass is 10.0. The fourth-order valence-electron chi connectivity index (χ4n) is 7.96. The van der Waals surface area contributed by atoms with E-state index in [1.807, 2.05) is 78.9 Å². The number of rotatable bonds is 12. The van der Waals surface area contributed by atoms with Crippen molar-refractivity contribution in [1.82, 2.24) is 61.6 Å². The molecule has 20 nitrogen and oxygen atoms in total. The second-order valence-corrected chi connectivity index (χ2v) is 18.8. The lowest BCUT2D eigenvalue weighted by Gasteiger charge is -2.03. The summed E-state index contributed by atoms with van der Waals surface area (Å²) in [6.45, 7) is 6.30. The minimum atomic E-state index is -0.210. The molecule has 8 aromatic carbocycles. The highest BCUT2D eigenvalue weighted by Crippen LogP contribution is 2.26. The number of halogens is 1. The van der Waals surface area contributed by atoms with Gasteiger partial charge in [0.15, 0.2) is 0 Å². The summed E-state index contributed by atoms with van der Waals surface area (Å²) < 4.78 is 13.7. The van der Waals surface area contributed by atoms with E-state index in [0.717, 1.165) is 50.6 Å². The van der Waals surface area contributed by atoms with Crippen LogP contribution in [0.5, 0.6) is 0 Å². The third-order valence-corrected chi connectivity index (χ3v) is 12.5. The molecule has 4 N–H and O–H groups in total. The second kappa shape index (κ2) is 40.2. The van der Waals surface area contributed by atoms with Gasteiger partial charge in [-0.3, -0.25) is 0 Å². The summed E-state index contributed by atoms with van der Waals surface area (Å²) in [7, 11) is 0. The monoisotopic (exact) mass is 1220 g/mol. The van der Waals surface area contributed by atoms with Crippen LogP contribution in [0.25, 0.3) is 93.1 Å². The fourth-order valence-corrected chi connectivity index (χ4v) is 7.96. The molecule has 0 amide bonds. The van der Waals surface area contributed by atoms with Gasteiger partial charge in [0, 0.05) is 5.56 Å². The van der Waals surface area contributed by atoms with Crippen LogP contribution in [0.1, 0.15) is 61.7 Å². The molecule has 0 aliphatic rings. The summed E-state index contributed by atoms with van der Waals surface area (Å²) in [5.41, 5.74) is 20.4. The highest BCUT2D eigenvalue weighted by Gasteiger charge is 2.04. The molecule has 0 unspecified atom stereocenters. The molecule has 0 spiro atoms. The number of aromatic amines is 4. The van der Waals surface area contributed by atoms with E-state index < -0.39 is 0 Å². The van der Waals surface area contributed by atoms with Crippen molar-refractivity contribution < 1.29 is 42.7 Å². The Morgan fingerprint density at radius 1 is 0.283 bits per heavy atom. The number of H-pyrrole nitrogens is 4. The molecular weight excluding hydrogens is 1170 g/mol. The first kappa shape index (κ1) is 69.5. The molecule has 92 heavy (non-hydrogen) atoms. The second-order valence-electron chi connectivity index (χ2n) is 18.8. The van der Waals surface area contributed by atoms with Crippen LogP contribution in [-0.2, 0) is 38.4 Å². The summed E-state index contributed by atoms with van der Waals surface area (Å²) in [5.74, 6) is -0.210. The van der Waals surface area contributed by atoms with Gasteiger partial charge < -0.3 is 0 Å². The van der Waals surface area contributed by atoms with Crippen LogP contribution in [0, 0.1) is 26.6 Å². The quantitative estimate of drug-likeness (QED) is 0.0883. The number of nitrogens with zero attached hydrogens (tertiary/aromatic N) is 8. The van der Waals surface area contributed by atoms with Gasteiger partial charge >= 0.3 is 24.6 Å². The van der Waals surface area contributed by atoms with E-state index in [4.69, 9.17) is 38.4 Å². The normalized spacial score (nSPS) is 9.96. The predicted molar refractivity (Wildman–Crippen MR) is 343 cm³/mol. The molecule has 456 valence electrons. The molecular formula is C71H57FN12O8. The Labute approximate surface area is 527 Å². The third kappa shape index (κ3) is 25.4. The van der Waals surface area contributed by atoms with Gasteiger partial charge in [0.25, 0.3) is 0 Å². The molecule has 12 rings (SSSR count). The smallest absolute Gasteiger partial charge is 0.206 e. The van der Waals surface area contributed by atoms with E-state index in [1.165, 1.54) is 56.1 Å². The van der Waals surface area contributed by atoms with E-state index in [2.05, 4.69) is 228 Å². The third-order valence-electron chi connectivity index (χ3n) is 12.5. The number of carbonyl (C=O) groups excluding carboxylic acids is 8. The number of hydrogen-bond acceptors (Lipinski definition) is 16. The van der Waals surface area contributed by atoms with Gasteiger partial charge in [-0.1, -0.05) is 229 Å². The van der Waals surface area contributed by atoms with E-state index in [9.17, 15) is 4.39 Å². The first-order valence-corrected chi connectivity index (χ1v) is 27.4. The van der Waals surface area contributed by atoms with Crippen molar-refractivity contribution in [2.45, 2.75) is 20.8 Å². The van der Waals surface area contributed by atoms with E-state index in [1.54, 1.807) is 36.9 Å². The zero-order valence-electron chi connectivity index (χ0n) is 49.6. The van der Waals surface area contributed by atoms with Crippen LogP contribution < -0.4 is 0 Å². The number of benzene rings is 8. The summed E-state index contributed by atoms with van der Waals surface area (Å²) >= 11 is 0. The molecule has 0 saturated carbocycles. The number of aromatic nitrogens is 12. The minimum Gasteiger partial charge on any atom is -0.206 e. The molecule has 12 aromatic rings. The van der Waals surface area contributed by atoms with Crippen molar-refractivity contribution in [3.63, 3.8) is 0 Å². The Hall–Kier alpha value is -13.3. The highest BCUT2D eigenvalue weighted by atomic mass is 19.1. The average Bonchev–Trinajstić information content (AvgIpc) is 1.65. The van der Waals surface area contributed by atoms with Gasteiger partial charge in [-0.25, -0.2) is 4.39 Å². The van der Waals surface area contributed by atoms with Crippen LogP contribution in [0.3, 0.4) is 0 Å². The van der Waals surface area contributed by atoms with Crippen LogP contribution in [0.15, 0.2) is 219 Å². The van der Waals surface area contributed by atoms with Crippen LogP contribution >= 0.6 is 0 Å². The number of hydrogen-bond donors (Lipinski definition) is 4. The molecule has 4 heterocycles. The Bertz CT molecular complexity index is 3930. The highest BCUT2D eigenvalue weighted by molar-refractivity contribution is 5.75. The van der Waals surface area contributed by atoms with Crippen molar-refractivity contribution in [3.8, 4) is 44.5 Å². The lowest BCUT2D eigenvalue weighted by Crippen LogP contribution is -1.83. The van der Waals surface area contributed by atoms with Gasteiger partial charge in [0.05, 0.1) is 24.8 Å². The zero-order chi connectivity index (χ0) is 66.0. The van der Waals surface area contributed by atoms with Crippen molar-refractivity contribution in [3.05, 3.63) is 286 Å².